The molecule has 0 radical (unpaired) electrons. The first-order valence-electron chi connectivity index (χ1n) is 8.24. The summed E-state index contributed by atoms with van der Waals surface area (Å²) in [7, 11) is 1.77. The van der Waals surface area contributed by atoms with Crippen molar-refractivity contribution in [3.8, 4) is 5.75 Å². The van der Waals surface area contributed by atoms with Crippen molar-refractivity contribution >= 4 is 5.69 Å². The van der Waals surface area contributed by atoms with Crippen LogP contribution >= 0.6 is 0 Å². The molecule has 4 heteroatoms. The van der Waals surface area contributed by atoms with E-state index in [0.29, 0.717) is 6.04 Å². The largest absolute Gasteiger partial charge is 0.495 e. The van der Waals surface area contributed by atoms with Crippen molar-refractivity contribution in [2.24, 2.45) is 0 Å². The smallest absolute Gasteiger partial charge is 0.142 e. The average molecular weight is 304 g/mol. The molecule has 2 aliphatic rings. The summed E-state index contributed by atoms with van der Waals surface area (Å²) in [5.41, 5.74) is 2.69. The number of nitrogens with zero attached hydrogens (tertiary/aromatic N) is 2. The monoisotopic (exact) mass is 304 g/mol. The second-order valence-corrected chi connectivity index (χ2v) is 7.35. The Kier molecular flexibility index (Phi) is 4.33. The number of hydrogen-bond acceptors (Lipinski definition) is 4. The zero-order valence-electron chi connectivity index (χ0n) is 14.3. The number of methoxy groups -OCH3 is 1. The van der Waals surface area contributed by atoms with Crippen molar-refractivity contribution < 1.29 is 9.47 Å². The van der Waals surface area contributed by atoms with Gasteiger partial charge in [0.15, 0.2) is 0 Å². The van der Waals surface area contributed by atoms with Gasteiger partial charge in [0.25, 0.3) is 0 Å². The molecule has 0 unspecified atom stereocenters. The van der Waals surface area contributed by atoms with Crippen LogP contribution in [0.4, 0.5) is 5.69 Å². The minimum atomic E-state index is 0.148. The molecule has 2 saturated heterocycles. The summed E-state index contributed by atoms with van der Waals surface area (Å²) >= 11 is 0. The van der Waals surface area contributed by atoms with Crippen molar-refractivity contribution in [2.45, 2.75) is 32.2 Å². The molecule has 1 aromatic carbocycles. The van der Waals surface area contributed by atoms with E-state index in [2.05, 4.69) is 48.8 Å². The summed E-state index contributed by atoms with van der Waals surface area (Å²) in [6.45, 7) is 12.9. The molecule has 0 N–H and O–H groups in total. The van der Waals surface area contributed by atoms with Gasteiger partial charge in [-0.05, 0) is 23.1 Å². The van der Waals surface area contributed by atoms with E-state index >= 15 is 0 Å². The van der Waals surface area contributed by atoms with Gasteiger partial charge in [-0.1, -0.05) is 26.8 Å². The fourth-order valence-electron chi connectivity index (χ4n) is 3.17. The number of anilines is 1. The van der Waals surface area contributed by atoms with Gasteiger partial charge in [-0.25, -0.2) is 0 Å². The van der Waals surface area contributed by atoms with Crippen LogP contribution < -0.4 is 9.64 Å². The van der Waals surface area contributed by atoms with Crippen LogP contribution in [-0.4, -0.2) is 57.4 Å². The quantitative estimate of drug-likeness (QED) is 0.857. The van der Waals surface area contributed by atoms with Crippen molar-refractivity contribution in [3.63, 3.8) is 0 Å². The van der Waals surface area contributed by atoms with Gasteiger partial charge in [-0.3, -0.25) is 4.90 Å². The molecule has 3 rings (SSSR count). The lowest BCUT2D eigenvalue weighted by molar-refractivity contribution is -0.0660. The maximum Gasteiger partial charge on any atom is 0.142 e. The Bertz CT molecular complexity index is 512. The van der Waals surface area contributed by atoms with Crippen LogP contribution in [0.2, 0.25) is 0 Å². The van der Waals surface area contributed by atoms with Crippen LogP contribution in [0.15, 0.2) is 18.2 Å². The Morgan fingerprint density at radius 2 is 1.77 bits per heavy atom. The minimum Gasteiger partial charge on any atom is -0.495 e. The van der Waals surface area contributed by atoms with E-state index in [1.54, 1.807) is 7.11 Å². The molecule has 4 nitrogen and oxygen atoms in total. The average Bonchev–Trinajstić information content (AvgIpc) is 2.45. The Balaban J connectivity index is 1.72. The normalized spacial score (nSPS) is 20.8. The van der Waals surface area contributed by atoms with E-state index < -0.39 is 0 Å². The van der Waals surface area contributed by atoms with Crippen molar-refractivity contribution in [1.82, 2.24) is 4.90 Å². The predicted molar refractivity (Wildman–Crippen MR) is 90.1 cm³/mol. The maximum atomic E-state index is 5.67. The van der Waals surface area contributed by atoms with Crippen LogP contribution in [0, 0.1) is 0 Å². The molecule has 0 amide bonds. The van der Waals surface area contributed by atoms with Gasteiger partial charge in [0.05, 0.1) is 32.1 Å². The van der Waals surface area contributed by atoms with E-state index in [1.807, 2.05) is 0 Å². The van der Waals surface area contributed by atoms with E-state index in [0.717, 1.165) is 45.1 Å². The van der Waals surface area contributed by atoms with Crippen LogP contribution in [0.5, 0.6) is 5.75 Å². The molecule has 1 aromatic rings. The molecule has 2 aliphatic heterocycles. The van der Waals surface area contributed by atoms with Crippen molar-refractivity contribution in [2.75, 3.05) is 51.4 Å². The lowest BCUT2D eigenvalue weighted by Crippen LogP contribution is -2.56. The molecule has 0 atom stereocenters. The first kappa shape index (κ1) is 15.6. The third kappa shape index (κ3) is 3.08. The highest BCUT2D eigenvalue weighted by molar-refractivity contribution is 5.60. The highest BCUT2D eigenvalue weighted by Gasteiger charge is 2.29. The summed E-state index contributed by atoms with van der Waals surface area (Å²) < 4.78 is 11.0. The van der Waals surface area contributed by atoms with Crippen LogP contribution in [0.1, 0.15) is 26.3 Å². The fraction of sp³-hybridized carbons (Fsp3) is 0.667. The number of hydrogen-bond donors (Lipinski definition) is 0. The standard InChI is InChI=1S/C18H28N2O2/c1-18(2,3)14-5-6-16(17(11-14)21-4)20-9-7-19(8-10-20)15-12-22-13-15/h5-6,11,15H,7-10,12-13H2,1-4H3. The highest BCUT2D eigenvalue weighted by Crippen LogP contribution is 2.34. The molecule has 2 heterocycles. The fourth-order valence-corrected chi connectivity index (χ4v) is 3.17. The van der Waals surface area contributed by atoms with Gasteiger partial charge >= 0.3 is 0 Å². The summed E-state index contributed by atoms with van der Waals surface area (Å²) in [5, 5.41) is 0. The van der Waals surface area contributed by atoms with E-state index in [1.165, 1.54) is 11.3 Å². The maximum absolute atomic E-state index is 5.67. The Hall–Kier alpha value is -1.26. The Morgan fingerprint density at radius 3 is 2.27 bits per heavy atom. The third-order valence-corrected chi connectivity index (χ3v) is 4.84. The SMILES string of the molecule is COc1cc(C(C)(C)C)ccc1N1CCN(C2COC2)CC1. The van der Waals surface area contributed by atoms with Gasteiger partial charge in [-0.2, -0.15) is 0 Å². The van der Waals surface area contributed by atoms with E-state index in [-0.39, 0.29) is 5.41 Å². The second kappa shape index (κ2) is 6.09. The van der Waals surface area contributed by atoms with Crippen LogP contribution in [0.3, 0.4) is 0 Å². The first-order chi connectivity index (χ1) is 10.5. The summed E-state index contributed by atoms with van der Waals surface area (Å²) in [6.07, 6.45) is 0. The topological polar surface area (TPSA) is 24.9 Å². The number of piperazine rings is 1. The van der Waals surface area contributed by atoms with Crippen LogP contribution in [0.25, 0.3) is 0 Å². The first-order valence-corrected chi connectivity index (χ1v) is 8.24. The number of benzene rings is 1. The molecular weight excluding hydrogens is 276 g/mol. The lowest BCUT2D eigenvalue weighted by Gasteiger charge is -2.43. The molecule has 0 aromatic heterocycles. The molecule has 0 spiro atoms. The molecule has 122 valence electrons. The van der Waals surface area contributed by atoms with Crippen molar-refractivity contribution in [1.29, 1.82) is 0 Å². The highest BCUT2D eigenvalue weighted by atomic mass is 16.5. The Labute approximate surface area is 134 Å². The summed E-state index contributed by atoms with van der Waals surface area (Å²) in [5.74, 6) is 0.993. The zero-order chi connectivity index (χ0) is 15.7. The van der Waals surface area contributed by atoms with Gasteiger partial charge in [0.2, 0.25) is 0 Å². The summed E-state index contributed by atoms with van der Waals surface area (Å²) in [4.78, 5) is 5.00. The summed E-state index contributed by atoms with van der Waals surface area (Å²) in [6, 6.07) is 7.31. The zero-order valence-corrected chi connectivity index (χ0v) is 14.3. The molecule has 2 fully saturated rings. The van der Waals surface area contributed by atoms with Gasteiger partial charge in [0, 0.05) is 26.2 Å². The van der Waals surface area contributed by atoms with Crippen molar-refractivity contribution in [3.05, 3.63) is 23.8 Å². The molecule has 0 saturated carbocycles. The van der Waals surface area contributed by atoms with E-state index in [9.17, 15) is 0 Å². The Morgan fingerprint density at radius 1 is 1.09 bits per heavy atom. The minimum absolute atomic E-state index is 0.148. The van der Waals surface area contributed by atoms with Gasteiger partial charge < -0.3 is 14.4 Å². The molecule has 22 heavy (non-hydrogen) atoms. The molecular formula is C18H28N2O2. The lowest BCUT2D eigenvalue weighted by atomic mass is 9.87. The van der Waals surface area contributed by atoms with E-state index in [4.69, 9.17) is 9.47 Å². The van der Waals surface area contributed by atoms with Crippen LogP contribution in [-0.2, 0) is 10.2 Å². The predicted octanol–water partition coefficient (Wildman–Crippen LogP) is 2.51. The molecule has 0 bridgehead atoms. The number of rotatable bonds is 3. The second-order valence-electron chi connectivity index (χ2n) is 7.35. The number of ether oxygens (including phenoxy) is 2. The van der Waals surface area contributed by atoms with Gasteiger partial charge in [-0.15, -0.1) is 0 Å². The van der Waals surface area contributed by atoms with Gasteiger partial charge in [0.1, 0.15) is 5.75 Å². The molecule has 0 aliphatic carbocycles. The third-order valence-electron chi connectivity index (χ3n) is 4.84.